The zero-order chi connectivity index (χ0) is 13.9. The molecule has 0 bridgehead atoms. The fraction of sp³-hybridized carbons (Fsp3) is 0.167. The van der Waals surface area contributed by atoms with Crippen molar-refractivity contribution in [2.24, 2.45) is 0 Å². The highest BCUT2D eigenvalue weighted by Crippen LogP contribution is 2.14. The van der Waals surface area contributed by atoms with Gasteiger partial charge in [-0.2, -0.15) is 10.4 Å². The summed E-state index contributed by atoms with van der Waals surface area (Å²) in [7, 11) is -3.41. The minimum Gasteiger partial charge on any atom is -0.271 e. The van der Waals surface area contributed by atoms with Gasteiger partial charge in [-0.25, -0.2) is 8.42 Å². The molecule has 0 saturated carbocycles. The minimum atomic E-state index is -3.41. The molecule has 0 fully saturated rings. The molecular formula is C12H10BrN3O2S. The molecule has 1 aromatic carbocycles. The standard InChI is InChI=1S/C12H10BrN3O2S/c13-11-8-15-16(9-11)4-5-19(17,18)12-3-1-2-10(6-12)7-14/h1-3,6,8-9H,4-5H2. The van der Waals surface area contributed by atoms with E-state index in [-0.39, 0.29) is 17.2 Å². The zero-order valence-corrected chi connectivity index (χ0v) is 12.2. The quantitative estimate of drug-likeness (QED) is 0.853. The van der Waals surface area contributed by atoms with Crippen LogP contribution in [0.25, 0.3) is 0 Å². The van der Waals surface area contributed by atoms with Crippen molar-refractivity contribution in [2.45, 2.75) is 11.4 Å². The Balaban J connectivity index is 2.16. The van der Waals surface area contributed by atoms with Crippen molar-refractivity contribution in [3.05, 3.63) is 46.7 Å². The molecule has 2 aromatic rings. The van der Waals surface area contributed by atoms with Gasteiger partial charge in [-0.15, -0.1) is 0 Å². The number of aromatic nitrogens is 2. The second kappa shape index (κ2) is 5.55. The molecule has 1 heterocycles. The molecule has 2 rings (SSSR count). The molecule has 0 aliphatic carbocycles. The van der Waals surface area contributed by atoms with E-state index in [1.165, 1.54) is 12.1 Å². The van der Waals surface area contributed by atoms with Crippen LogP contribution < -0.4 is 0 Å². The molecule has 0 N–H and O–H groups in total. The van der Waals surface area contributed by atoms with E-state index in [9.17, 15) is 8.42 Å². The van der Waals surface area contributed by atoms with Gasteiger partial charge in [0.25, 0.3) is 0 Å². The Kier molecular flexibility index (Phi) is 4.02. The van der Waals surface area contributed by atoms with Gasteiger partial charge in [-0.3, -0.25) is 4.68 Å². The van der Waals surface area contributed by atoms with Crippen LogP contribution in [0.5, 0.6) is 0 Å². The third kappa shape index (κ3) is 3.43. The van der Waals surface area contributed by atoms with Crippen LogP contribution in [0.3, 0.4) is 0 Å². The van der Waals surface area contributed by atoms with Gasteiger partial charge in [0.05, 0.1) is 39.5 Å². The first-order valence-electron chi connectivity index (χ1n) is 5.42. The molecule has 0 unspecified atom stereocenters. The predicted molar refractivity (Wildman–Crippen MR) is 73.1 cm³/mol. The van der Waals surface area contributed by atoms with E-state index in [1.54, 1.807) is 29.2 Å². The number of hydrogen-bond acceptors (Lipinski definition) is 4. The summed E-state index contributed by atoms with van der Waals surface area (Å²) in [5, 5.41) is 12.8. The Morgan fingerprint density at radius 2 is 2.21 bits per heavy atom. The third-order valence-corrected chi connectivity index (χ3v) is 4.61. The molecule has 0 spiro atoms. The van der Waals surface area contributed by atoms with Gasteiger partial charge < -0.3 is 0 Å². The van der Waals surface area contributed by atoms with Gasteiger partial charge in [0.15, 0.2) is 9.84 Å². The predicted octanol–water partition coefficient (Wildman–Crippen LogP) is 1.99. The summed E-state index contributed by atoms with van der Waals surface area (Å²) < 4.78 is 26.6. The van der Waals surface area contributed by atoms with Crippen LogP contribution in [0, 0.1) is 11.3 Å². The van der Waals surface area contributed by atoms with E-state index < -0.39 is 9.84 Å². The number of sulfone groups is 1. The maximum Gasteiger partial charge on any atom is 0.180 e. The van der Waals surface area contributed by atoms with Crippen LogP contribution in [0.4, 0.5) is 0 Å². The Hall–Kier alpha value is -1.65. The number of nitriles is 1. The zero-order valence-electron chi connectivity index (χ0n) is 9.82. The molecule has 0 radical (unpaired) electrons. The molecule has 1 aromatic heterocycles. The fourth-order valence-electron chi connectivity index (χ4n) is 1.55. The molecule has 0 aliphatic heterocycles. The van der Waals surface area contributed by atoms with Crippen LogP contribution in [-0.2, 0) is 16.4 Å². The maximum absolute atomic E-state index is 12.1. The number of nitrogens with zero attached hydrogens (tertiary/aromatic N) is 3. The normalized spacial score (nSPS) is 11.2. The fourth-order valence-corrected chi connectivity index (χ4v) is 3.13. The highest BCUT2D eigenvalue weighted by molar-refractivity contribution is 9.10. The molecule has 0 saturated heterocycles. The average molecular weight is 340 g/mol. The lowest BCUT2D eigenvalue weighted by molar-refractivity contribution is 0.580. The summed E-state index contributed by atoms with van der Waals surface area (Å²) in [4.78, 5) is 0.165. The van der Waals surface area contributed by atoms with E-state index in [1.807, 2.05) is 6.07 Å². The molecule has 0 atom stereocenters. The van der Waals surface area contributed by atoms with E-state index in [0.717, 1.165) is 4.47 Å². The van der Waals surface area contributed by atoms with E-state index in [4.69, 9.17) is 5.26 Å². The van der Waals surface area contributed by atoms with Gasteiger partial charge in [0.1, 0.15) is 0 Å². The number of rotatable bonds is 4. The summed E-state index contributed by atoms with van der Waals surface area (Å²) in [6.07, 6.45) is 3.31. The molecular weight excluding hydrogens is 330 g/mol. The van der Waals surface area contributed by atoms with E-state index in [2.05, 4.69) is 21.0 Å². The Morgan fingerprint density at radius 3 is 2.84 bits per heavy atom. The Morgan fingerprint density at radius 1 is 1.42 bits per heavy atom. The van der Waals surface area contributed by atoms with Crippen molar-refractivity contribution in [1.29, 1.82) is 5.26 Å². The number of halogens is 1. The summed E-state index contributed by atoms with van der Waals surface area (Å²) in [6.45, 7) is 0.269. The number of benzene rings is 1. The van der Waals surface area contributed by atoms with Gasteiger partial charge in [-0.1, -0.05) is 6.07 Å². The van der Waals surface area contributed by atoms with E-state index >= 15 is 0 Å². The van der Waals surface area contributed by atoms with Crippen molar-refractivity contribution >= 4 is 25.8 Å². The first kappa shape index (κ1) is 13.8. The van der Waals surface area contributed by atoms with Crippen LogP contribution in [-0.4, -0.2) is 24.0 Å². The first-order chi connectivity index (χ1) is 9.01. The second-order valence-corrected chi connectivity index (χ2v) is 6.90. The van der Waals surface area contributed by atoms with Crippen LogP contribution in [0.2, 0.25) is 0 Å². The largest absolute Gasteiger partial charge is 0.271 e. The highest BCUT2D eigenvalue weighted by atomic mass is 79.9. The average Bonchev–Trinajstić information content (AvgIpc) is 2.82. The number of hydrogen-bond donors (Lipinski definition) is 0. The monoisotopic (exact) mass is 339 g/mol. The third-order valence-electron chi connectivity index (χ3n) is 2.51. The van der Waals surface area contributed by atoms with Crippen LogP contribution in [0.15, 0.2) is 46.0 Å². The summed E-state index contributed by atoms with van der Waals surface area (Å²) in [6, 6.07) is 7.95. The Labute approximate surface area is 119 Å². The van der Waals surface area contributed by atoms with Gasteiger partial charge in [-0.05, 0) is 34.1 Å². The van der Waals surface area contributed by atoms with Gasteiger partial charge >= 0.3 is 0 Å². The number of aryl methyl sites for hydroxylation is 1. The molecule has 19 heavy (non-hydrogen) atoms. The molecule has 5 nitrogen and oxygen atoms in total. The van der Waals surface area contributed by atoms with Crippen molar-refractivity contribution in [3.63, 3.8) is 0 Å². The molecule has 0 aliphatic rings. The lowest BCUT2D eigenvalue weighted by Gasteiger charge is -2.05. The summed E-state index contributed by atoms with van der Waals surface area (Å²) in [5.74, 6) is -0.0595. The maximum atomic E-state index is 12.1. The highest BCUT2D eigenvalue weighted by Gasteiger charge is 2.15. The lowest BCUT2D eigenvalue weighted by Crippen LogP contribution is -2.13. The van der Waals surface area contributed by atoms with Crippen molar-refractivity contribution in [1.82, 2.24) is 9.78 Å². The molecule has 98 valence electrons. The minimum absolute atomic E-state index is 0.0595. The summed E-state index contributed by atoms with van der Waals surface area (Å²) >= 11 is 3.25. The Bertz CT molecular complexity index is 731. The summed E-state index contributed by atoms with van der Waals surface area (Å²) in [5.41, 5.74) is 0.336. The van der Waals surface area contributed by atoms with Crippen LogP contribution in [0.1, 0.15) is 5.56 Å². The van der Waals surface area contributed by atoms with Crippen molar-refractivity contribution < 1.29 is 8.42 Å². The smallest absolute Gasteiger partial charge is 0.180 e. The van der Waals surface area contributed by atoms with Gasteiger partial charge in [0.2, 0.25) is 0 Å². The molecule has 7 heteroatoms. The first-order valence-corrected chi connectivity index (χ1v) is 7.87. The van der Waals surface area contributed by atoms with Crippen molar-refractivity contribution in [3.8, 4) is 6.07 Å². The second-order valence-electron chi connectivity index (χ2n) is 3.88. The lowest BCUT2D eigenvalue weighted by atomic mass is 10.2. The van der Waals surface area contributed by atoms with Gasteiger partial charge in [0, 0.05) is 6.20 Å². The van der Waals surface area contributed by atoms with Crippen molar-refractivity contribution in [2.75, 3.05) is 5.75 Å². The molecule has 0 amide bonds. The van der Waals surface area contributed by atoms with E-state index in [0.29, 0.717) is 5.56 Å². The van der Waals surface area contributed by atoms with Crippen LogP contribution >= 0.6 is 15.9 Å². The topological polar surface area (TPSA) is 75.8 Å². The SMILES string of the molecule is N#Cc1cccc(S(=O)(=O)CCn2cc(Br)cn2)c1.